The Bertz CT molecular complexity index is 907. The van der Waals surface area contributed by atoms with Gasteiger partial charge in [-0.05, 0) is 24.6 Å². The van der Waals surface area contributed by atoms with E-state index < -0.39 is 0 Å². The molecule has 4 rings (SSSR count). The van der Waals surface area contributed by atoms with Crippen molar-refractivity contribution in [3.63, 3.8) is 0 Å². The second-order valence-electron chi connectivity index (χ2n) is 6.20. The van der Waals surface area contributed by atoms with E-state index in [2.05, 4.69) is 27.1 Å². The molecular weight excluding hydrogens is 328 g/mol. The molecule has 6 nitrogen and oxygen atoms in total. The third-order valence-electron chi connectivity index (χ3n) is 4.61. The van der Waals surface area contributed by atoms with Crippen molar-refractivity contribution in [1.29, 1.82) is 0 Å². The maximum atomic E-state index is 13.2. The van der Waals surface area contributed by atoms with Crippen LogP contribution in [-0.2, 0) is 6.54 Å². The van der Waals surface area contributed by atoms with Crippen LogP contribution in [0.3, 0.4) is 0 Å². The highest BCUT2D eigenvalue weighted by molar-refractivity contribution is 5.96. The first kappa shape index (κ1) is 16.3. The van der Waals surface area contributed by atoms with Gasteiger partial charge in [-0.15, -0.1) is 0 Å². The van der Waals surface area contributed by atoms with Crippen molar-refractivity contribution in [1.82, 2.24) is 19.9 Å². The highest BCUT2D eigenvalue weighted by atomic mass is 16.5. The fourth-order valence-corrected chi connectivity index (χ4v) is 3.40. The van der Waals surface area contributed by atoms with Gasteiger partial charge in [0.15, 0.2) is 0 Å². The van der Waals surface area contributed by atoms with E-state index in [4.69, 9.17) is 4.74 Å². The molecule has 1 N–H and O–H groups in total. The van der Waals surface area contributed by atoms with Gasteiger partial charge < -0.3 is 14.6 Å². The molecule has 1 aromatic carbocycles. The summed E-state index contributed by atoms with van der Waals surface area (Å²) in [6.45, 7) is 3.42. The van der Waals surface area contributed by atoms with Gasteiger partial charge in [0.05, 0.1) is 30.9 Å². The first-order valence-corrected chi connectivity index (χ1v) is 8.72. The molecule has 1 unspecified atom stereocenters. The molecule has 0 spiro atoms. The van der Waals surface area contributed by atoms with Crippen LogP contribution in [0, 0.1) is 0 Å². The SMILES string of the molecule is CCOc1ncccc1C(=O)N1Cc2[nH]cnc2C(c2ccccc2)C1. The largest absolute Gasteiger partial charge is 0.477 e. The number of aromatic amines is 1. The topological polar surface area (TPSA) is 71.1 Å². The summed E-state index contributed by atoms with van der Waals surface area (Å²) >= 11 is 0. The van der Waals surface area contributed by atoms with Crippen molar-refractivity contribution < 1.29 is 9.53 Å². The number of nitrogens with zero attached hydrogens (tertiary/aromatic N) is 3. The van der Waals surface area contributed by atoms with Crippen LogP contribution in [0.25, 0.3) is 0 Å². The number of amides is 1. The summed E-state index contributed by atoms with van der Waals surface area (Å²) in [5.41, 5.74) is 3.62. The lowest BCUT2D eigenvalue weighted by Crippen LogP contribution is -2.39. The van der Waals surface area contributed by atoms with Crippen LogP contribution in [0.5, 0.6) is 5.88 Å². The molecule has 3 heterocycles. The standard InChI is InChI=1S/C20H20N4O2/c1-2-26-19-15(9-6-10-21-19)20(25)24-11-16(14-7-4-3-5-8-14)18-17(12-24)22-13-23-18/h3-10,13,16H,2,11-12H2,1H3,(H,22,23). The Labute approximate surface area is 151 Å². The van der Waals surface area contributed by atoms with Gasteiger partial charge in [0.25, 0.3) is 5.91 Å². The summed E-state index contributed by atoms with van der Waals surface area (Å²) in [5.74, 6) is 0.344. The number of nitrogens with one attached hydrogen (secondary N) is 1. The van der Waals surface area contributed by atoms with E-state index in [1.807, 2.05) is 30.0 Å². The molecule has 1 atom stereocenters. The number of carbonyl (C=O) groups excluding carboxylic acids is 1. The Morgan fingerprint density at radius 1 is 1.23 bits per heavy atom. The number of hydrogen-bond acceptors (Lipinski definition) is 4. The molecule has 0 fully saturated rings. The molecular formula is C20H20N4O2. The second kappa shape index (κ2) is 7.00. The molecule has 0 aliphatic carbocycles. The minimum atomic E-state index is -0.0808. The van der Waals surface area contributed by atoms with Gasteiger partial charge in [-0.3, -0.25) is 4.79 Å². The summed E-state index contributed by atoms with van der Waals surface area (Å²) in [5, 5.41) is 0. The fourth-order valence-electron chi connectivity index (χ4n) is 3.40. The van der Waals surface area contributed by atoms with Crippen LogP contribution in [0.1, 0.15) is 40.2 Å². The van der Waals surface area contributed by atoms with Gasteiger partial charge >= 0.3 is 0 Å². The monoisotopic (exact) mass is 348 g/mol. The van der Waals surface area contributed by atoms with E-state index in [9.17, 15) is 4.79 Å². The third-order valence-corrected chi connectivity index (χ3v) is 4.61. The number of rotatable bonds is 4. The summed E-state index contributed by atoms with van der Waals surface area (Å²) in [6, 6.07) is 13.7. The number of aromatic nitrogens is 3. The lowest BCUT2D eigenvalue weighted by atomic mass is 9.90. The number of ether oxygens (including phenoxy) is 1. The van der Waals surface area contributed by atoms with E-state index in [1.54, 1.807) is 24.7 Å². The molecule has 0 bridgehead atoms. The zero-order chi connectivity index (χ0) is 17.9. The molecule has 1 aliphatic rings. The van der Waals surface area contributed by atoms with Gasteiger partial charge in [-0.25, -0.2) is 9.97 Å². The number of fused-ring (bicyclic) bond motifs is 1. The van der Waals surface area contributed by atoms with Crippen molar-refractivity contribution in [2.45, 2.75) is 19.4 Å². The second-order valence-corrected chi connectivity index (χ2v) is 6.20. The lowest BCUT2D eigenvalue weighted by Gasteiger charge is -2.32. The highest BCUT2D eigenvalue weighted by Gasteiger charge is 2.32. The molecule has 3 aromatic rings. The van der Waals surface area contributed by atoms with Crippen LogP contribution in [-0.4, -0.2) is 38.9 Å². The summed E-state index contributed by atoms with van der Waals surface area (Å²) in [6.07, 6.45) is 3.34. The zero-order valence-corrected chi connectivity index (χ0v) is 14.6. The van der Waals surface area contributed by atoms with Gasteiger partial charge in [0.1, 0.15) is 5.56 Å². The summed E-state index contributed by atoms with van der Waals surface area (Å²) in [4.78, 5) is 26.9. The van der Waals surface area contributed by atoms with Crippen molar-refractivity contribution in [2.24, 2.45) is 0 Å². The van der Waals surface area contributed by atoms with Crippen molar-refractivity contribution in [2.75, 3.05) is 13.2 Å². The molecule has 26 heavy (non-hydrogen) atoms. The minimum absolute atomic E-state index is 0.0439. The van der Waals surface area contributed by atoms with Crippen LogP contribution in [0.15, 0.2) is 55.0 Å². The number of carbonyl (C=O) groups is 1. The molecule has 132 valence electrons. The number of imidazole rings is 1. The van der Waals surface area contributed by atoms with Crippen LogP contribution < -0.4 is 4.74 Å². The number of hydrogen-bond donors (Lipinski definition) is 1. The Morgan fingerprint density at radius 2 is 2.08 bits per heavy atom. The quantitative estimate of drug-likeness (QED) is 0.787. The van der Waals surface area contributed by atoms with Crippen LogP contribution in [0.4, 0.5) is 0 Å². The minimum Gasteiger partial charge on any atom is -0.477 e. The van der Waals surface area contributed by atoms with E-state index in [-0.39, 0.29) is 11.8 Å². The first-order valence-electron chi connectivity index (χ1n) is 8.72. The number of pyridine rings is 1. The van der Waals surface area contributed by atoms with E-state index in [1.165, 1.54) is 0 Å². The van der Waals surface area contributed by atoms with Gasteiger partial charge in [-0.1, -0.05) is 30.3 Å². The van der Waals surface area contributed by atoms with Crippen molar-refractivity contribution >= 4 is 5.91 Å². The van der Waals surface area contributed by atoms with Crippen molar-refractivity contribution in [3.05, 3.63) is 77.5 Å². The van der Waals surface area contributed by atoms with Gasteiger partial charge in [-0.2, -0.15) is 0 Å². The molecule has 0 saturated carbocycles. The maximum absolute atomic E-state index is 13.2. The van der Waals surface area contributed by atoms with E-state index >= 15 is 0 Å². The Hall–Kier alpha value is -3.15. The maximum Gasteiger partial charge on any atom is 0.259 e. The van der Waals surface area contributed by atoms with Crippen LogP contribution in [0.2, 0.25) is 0 Å². The lowest BCUT2D eigenvalue weighted by molar-refractivity contribution is 0.0716. The summed E-state index contributed by atoms with van der Waals surface area (Å²) in [7, 11) is 0. The molecule has 1 aliphatic heterocycles. The molecule has 2 aromatic heterocycles. The number of H-pyrrole nitrogens is 1. The average Bonchev–Trinajstić information content (AvgIpc) is 3.17. The molecule has 0 saturated heterocycles. The number of benzene rings is 1. The smallest absolute Gasteiger partial charge is 0.259 e. The van der Waals surface area contributed by atoms with E-state index in [0.717, 1.165) is 17.0 Å². The molecule has 0 radical (unpaired) electrons. The molecule has 6 heteroatoms. The fraction of sp³-hybridized carbons (Fsp3) is 0.250. The Balaban J connectivity index is 1.68. The Kier molecular flexibility index (Phi) is 4.39. The summed E-state index contributed by atoms with van der Waals surface area (Å²) < 4.78 is 5.54. The molecule has 1 amide bonds. The first-order chi connectivity index (χ1) is 12.8. The van der Waals surface area contributed by atoms with Crippen LogP contribution >= 0.6 is 0 Å². The predicted octanol–water partition coefficient (Wildman–Crippen LogP) is 2.99. The normalized spacial score (nSPS) is 16.2. The average molecular weight is 348 g/mol. The zero-order valence-electron chi connectivity index (χ0n) is 14.6. The predicted molar refractivity (Wildman–Crippen MR) is 97.0 cm³/mol. The highest BCUT2D eigenvalue weighted by Crippen LogP contribution is 2.32. The Morgan fingerprint density at radius 3 is 2.88 bits per heavy atom. The van der Waals surface area contributed by atoms with Crippen molar-refractivity contribution in [3.8, 4) is 5.88 Å². The van der Waals surface area contributed by atoms with E-state index in [0.29, 0.717) is 31.1 Å². The third kappa shape index (κ3) is 2.94. The van der Waals surface area contributed by atoms with Gasteiger partial charge in [0.2, 0.25) is 5.88 Å². The van der Waals surface area contributed by atoms with Gasteiger partial charge in [0, 0.05) is 18.7 Å².